The Hall–Kier alpha value is -1.06. The van der Waals surface area contributed by atoms with E-state index >= 15 is 0 Å². The van der Waals surface area contributed by atoms with E-state index in [0.29, 0.717) is 6.54 Å². The number of carbonyl (C=O) groups is 2. The highest BCUT2D eigenvalue weighted by atomic mass is 16.4. The summed E-state index contributed by atoms with van der Waals surface area (Å²) in [5.41, 5.74) is 0. The van der Waals surface area contributed by atoms with E-state index in [-0.39, 0.29) is 11.8 Å². The Bertz CT molecular complexity index is 214. The highest BCUT2D eigenvalue weighted by molar-refractivity contribution is 5.86. The first-order valence-corrected chi connectivity index (χ1v) is 4.07. The Morgan fingerprint density at radius 2 is 2.33 bits per heavy atom. The highest BCUT2D eigenvalue weighted by Gasteiger charge is 2.33. The first-order chi connectivity index (χ1) is 5.54. The summed E-state index contributed by atoms with van der Waals surface area (Å²) in [4.78, 5) is 23.3. The minimum atomic E-state index is -0.933. The topological polar surface area (TPSA) is 57.6 Å². The maximum Gasteiger partial charge on any atom is 0.326 e. The Labute approximate surface area is 71.2 Å². The van der Waals surface area contributed by atoms with Gasteiger partial charge < -0.3 is 10.0 Å². The lowest BCUT2D eigenvalue weighted by Crippen LogP contribution is -2.40. The predicted molar refractivity (Wildman–Crippen MR) is 42.6 cm³/mol. The van der Waals surface area contributed by atoms with Crippen molar-refractivity contribution in [2.24, 2.45) is 5.92 Å². The number of likely N-dealkylation sites (tertiary alicyclic amines) is 1. The molecular formula is C8H13NO3. The molecule has 1 fully saturated rings. The molecule has 12 heavy (non-hydrogen) atoms. The van der Waals surface area contributed by atoms with Crippen molar-refractivity contribution in [1.29, 1.82) is 0 Å². The van der Waals surface area contributed by atoms with Crippen LogP contribution in [0.4, 0.5) is 0 Å². The molecule has 0 saturated carbocycles. The molecule has 4 heteroatoms. The quantitative estimate of drug-likeness (QED) is 0.651. The number of carboxylic acid groups (broad SMARTS) is 1. The van der Waals surface area contributed by atoms with Gasteiger partial charge in [-0.25, -0.2) is 4.79 Å². The van der Waals surface area contributed by atoms with Gasteiger partial charge in [-0.2, -0.15) is 0 Å². The van der Waals surface area contributed by atoms with E-state index in [9.17, 15) is 9.59 Å². The normalized spacial score (nSPS) is 26.0. The molecule has 1 aliphatic heterocycles. The highest BCUT2D eigenvalue weighted by Crippen LogP contribution is 2.19. The molecular weight excluding hydrogens is 158 g/mol. The number of aliphatic carboxylic acids is 1. The van der Waals surface area contributed by atoms with Crippen LogP contribution < -0.4 is 0 Å². The monoisotopic (exact) mass is 171 g/mol. The smallest absolute Gasteiger partial charge is 0.326 e. The molecule has 0 bridgehead atoms. The molecule has 2 atom stereocenters. The van der Waals surface area contributed by atoms with Crippen molar-refractivity contribution < 1.29 is 14.7 Å². The summed E-state index contributed by atoms with van der Waals surface area (Å²) in [7, 11) is 0. The summed E-state index contributed by atoms with van der Waals surface area (Å²) in [5, 5.41) is 8.65. The van der Waals surface area contributed by atoms with Crippen LogP contribution in [-0.2, 0) is 9.59 Å². The van der Waals surface area contributed by atoms with Crippen LogP contribution in [0, 0.1) is 5.92 Å². The van der Waals surface area contributed by atoms with Crippen molar-refractivity contribution in [1.82, 2.24) is 4.90 Å². The lowest BCUT2D eigenvalue weighted by Gasteiger charge is -2.20. The zero-order valence-electron chi connectivity index (χ0n) is 7.28. The van der Waals surface area contributed by atoms with E-state index in [1.807, 2.05) is 6.92 Å². The molecule has 0 unspecified atom stereocenters. The van der Waals surface area contributed by atoms with Crippen LogP contribution >= 0.6 is 0 Å². The Balaban J connectivity index is 2.65. The molecule has 1 N–H and O–H groups in total. The van der Waals surface area contributed by atoms with Gasteiger partial charge in [-0.3, -0.25) is 4.79 Å². The second-order valence-electron chi connectivity index (χ2n) is 3.24. The molecule has 1 amide bonds. The maximum absolute atomic E-state index is 11.3. The van der Waals surface area contributed by atoms with Crippen molar-refractivity contribution in [2.75, 3.05) is 6.54 Å². The minimum Gasteiger partial charge on any atom is -0.480 e. The summed E-state index contributed by atoms with van der Waals surface area (Å²) in [6, 6.07) is -0.678. The number of carbonyl (C=O) groups excluding carboxylic acids is 1. The van der Waals surface area contributed by atoms with E-state index in [2.05, 4.69) is 0 Å². The first kappa shape index (κ1) is 9.03. The third-order valence-corrected chi connectivity index (χ3v) is 2.33. The van der Waals surface area contributed by atoms with Crippen molar-refractivity contribution >= 4 is 11.9 Å². The number of carboxylic acids is 1. The van der Waals surface area contributed by atoms with Crippen LogP contribution in [0.15, 0.2) is 0 Å². The van der Waals surface area contributed by atoms with Gasteiger partial charge in [0.15, 0.2) is 0 Å². The molecule has 0 aromatic heterocycles. The second kappa shape index (κ2) is 3.13. The summed E-state index contributed by atoms with van der Waals surface area (Å²) in [5.74, 6) is -0.978. The van der Waals surface area contributed by atoms with Gasteiger partial charge in [0.05, 0.1) is 0 Å². The molecule has 0 aromatic carbocycles. The number of rotatable bonds is 2. The van der Waals surface area contributed by atoms with Gasteiger partial charge in [-0.1, -0.05) is 6.92 Å². The molecule has 1 aliphatic rings. The standard InChI is InChI=1S/C8H13NO3/c1-5-3-4-9(7(5)10)6(2)8(11)12/h5-6H,3-4H2,1-2H3,(H,11,12)/t5-,6+/m1/s1. The number of hydrogen-bond donors (Lipinski definition) is 1. The van der Waals surface area contributed by atoms with Crippen LogP contribution in [0.1, 0.15) is 20.3 Å². The zero-order valence-corrected chi connectivity index (χ0v) is 7.28. The molecule has 0 spiro atoms. The predicted octanol–water partition coefficient (Wildman–Crippen LogP) is 0.328. The molecule has 1 rings (SSSR count). The second-order valence-corrected chi connectivity index (χ2v) is 3.24. The average Bonchev–Trinajstić information content (AvgIpc) is 2.32. The number of amides is 1. The average molecular weight is 171 g/mol. The van der Waals surface area contributed by atoms with Gasteiger partial charge in [0.1, 0.15) is 6.04 Å². The van der Waals surface area contributed by atoms with Crippen LogP contribution in [0.2, 0.25) is 0 Å². The van der Waals surface area contributed by atoms with Crippen LogP contribution in [0.5, 0.6) is 0 Å². The lowest BCUT2D eigenvalue weighted by molar-refractivity contribution is -0.148. The molecule has 1 saturated heterocycles. The summed E-state index contributed by atoms with van der Waals surface area (Å²) in [6.45, 7) is 3.95. The van der Waals surface area contributed by atoms with Crippen molar-refractivity contribution in [3.8, 4) is 0 Å². The lowest BCUT2D eigenvalue weighted by atomic mass is 10.1. The molecule has 4 nitrogen and oxygen atoms in total. The SMILES string of the molecule is C[C@@H]1CCN([C@@H](C)C(=O)O)C1=O. The Kier molecular flexibility index (Phi) is 2.35. The van der Waals surface area contributed by atoms with E-state index in [1.165, 1.54) is 11.8 Å². The Morgan fingerprint density at radius 1 is 1.75 bits per heavy atom. The zero-order chi connectivity index (χ0) is 9.30. The fraction of sp³-hybridized carbons (Fsp3) is 0.750. The van der Waals surface area contributed by atoms with Gasteiger partial charge in [-0.05, 0) is 13.3 Å². The van der Waals surface area contributed by atoms with E-state index in [0.717, 1.165) is 6.42 Å². The van der Waals surface area contributed by atoms with Crippen LogP contribution in [0.25, 0.3) is 0 Å². The fourth-order valence-electron chi connectivity index (χ4n) is 1.37. The Morgan fingerprint density at radius 3 is 2.67 bits per heavy atom. The van der Waals surface area contributed by atoms with Gasteiger partial charge in [0.25, 0.3) is 0 Å². The van der Waals surface area contributed by atoms with Crippen LogP contribution in [0.3, 0.4) is 0 Å². The van der Waals surface area contributed by atoms with Crippen molar-refractivity contribution in [3.63, 3.8) is 0 Å². The van der Waals surface area contributed by atoms with Gasteiger partial charge in [-0.15, -0.1) is 0 Å². The van der Waals surface area contributed by atoms with Gasteiger partial charge in [0, 0.05) is 12.5 Å². The molecule has 0 radical (unpaired) electrons. The molecule has 0 aliphatic carbocycles. The fourth-order valence-corrected chi connectivity index (χ4v) is 1.37. The summed E-state index contributed by atoms with van der Waals surface area (Å²) in [6.07, 6.45) is 0.774. The third-order valence-electron chi connectivity index (χ3n) is 2.33. The van der Waals surface area contributed by atoms with Gasteiger partial charge >= 0.3 is 5.97 Å². The molecule has 0 aromatic rings. The van der Waals surface area contributed by atoms with Gasteiger partial charge in [0.2, 0.25) is 5.91 Å². The molecule has 1 heterocycles. The summed E-state index contributed by atoms with van der Waals surface area (Å²) >= 11 is 0. The molecule has 68 valence electrons. The summed E-state index contributed by atoms with van der Waals surface area (Å²) < 4.78 is 0. The van der Waals surface area contributed by atoms with E-state index in [1.54, 1.807) is 0 Å². The largest absolute Gasteiger partial charge is 0.480 e. The third kappa shape index (κ3) is 1.42. The maximum atomic E-state index is 11.3. The minimum absolute atomic E-state index is 0.00759. The van der Waals surface area contributed by atoms with E-state index < -0.39 is 12.0 Å². The van der Waals surface area contributed by atoms with Crippen molar-refractivity contribution in [2.45, 2.75) is 26.3 Å². The first-order valence-electron chi connectivity index (χ1n) is 4.07. The number of nitrogens with zero attached hydrogens (tertiary/aromatic N) is 1. The van der Waals surface area contributed by atoms with Crippen molar-refractivity contribution in [3.05, 3.63) is 0 Å². The van der Waals surface area contributed by atoms with Crippen LogP contribution in [-0.4, -0.2) is 34.5 Å². The number of hydrogen-bond acceptors (Lipinski definition) is 2. The van der Waals surface area contributed by atoms with E-state index in [4.69, 9.17) is 5.11 Å².